The van der Waals surface area contributed by atoms with Crippen molar-refractivity contribution in [3.63, 3.8) is 0 Å². The van der Waals surface area contributed by atoms with Crippen molar-refractivity contribution in [1.82, 2.24) is 0 Å². The Hall–Kier alpha value is -1.42. The van der Waals surface area contributed by atoms with Crippen LogP contribution in [0.5, 0.6) is 0 Å². The lowest BCUT2D eigenvalue weighted by Crippen LogP contribution is -2.29. The van der Waals surface area contributed by atoms with Crippen LogP contribution in [0.1, 0.15) is 5.56 Å². The lowest BCUT2D eigenvalue weighted by atomic mass is 9.80. The van der Waals surface area contributed by atoms with E-state index in [1.807, 2.05) is 19.1 Å². The summed E-state index contributed by atoms with van der Waals surface area (Å²) in [5.74, 6) is 0. The first kappa shape index (κ1) is 11.6. The van der Waals surface area contributed by atoms with Crippen LogP contribution >= 0.6 is 0 Å². The van der Waals surface area contributed by atoms with Gasteiger partial charge in [-0.25, -0.2) is 0 Å². The summed E-state index contributed by atoms with van der Waals surface area (Å²) in [6.07, 6.45) is 0.250. The van der Waals surface area contributed by atoms with E-state index < -0.39 is 7.12 Å². The third kappa shape index (κ3) is 4.93. The highest BCUT2D eigenvalue weighted by Gasteiger charge is 2.08. The summed E-state index contributed by atoms with van der Waals surface area (Å²) in [5, 5.41) is 17.3. The number of aryl methyl sites for hydroxylation is 1. The molecule has 0 saturated heterocycles. The molecule has 0 heterocycles. The van der Waals surface area contributed by atoms with Crippen molar-refractivity contribution < 1.29 is 19.6 Å². The number of rotatable bonds is 1. The Labute approximate surface area is 76.0 Å². The molecule has 1 rings (SSSR count). The Morgan fingerprint density at radius 3 is 1.85 bits per heavy atom. The van der Waals surface area contributed by atoms with Crippen LogP contribution in [0.25, 0.3) is 0 Å². The van der Waals surface area contributed by atoms with Crippen molar-refractivity contribution in [3.05, 3.63) is 29.8 Å². The molecule has 1 aromatic rings. The van der Waals surface area contributed by atoms with E-state index >= 15 is 0 Å². The third-order valence-corrected chi connectivity index (χ3v) is 1.38. The zero-order chi connectivity index (χ0) is 10.3. The first-order chi connectivity index (χ1) is 6.11. The van der Waals surface area contributed by atoms with Crippen molar-refractivity contribution >= 4 is 18.7 Å². The average Bonchev–Trinajstić information content (AvgIpc) is 2.06. The van der Waals surface area contributed by atoms with E-state index in [2.05, 4.69) is 0 Å². The van der Waals surface area contributed by atoms with E-state index in [4.69, 9.17) is 19.6 Å². The van der Waals surface area contributed by atoms with Crippen molar-refractivity contribution in [2.75, 3.05) is 0 Å². The van der Waals surface area contributed by atoms with Gasteiger partial charge in [0.1, 0.15) is 0 Å². The Bertz CT molecular complexity index is 275. The fourth-order valence-corrected chi connectivity index (χ4v) is 0.739. The topological polar surface area (TPSA) is 74.6 Å². The molecule has 2 N–H and O–H groups in total. The minimum atomic E-state index is -1.35. The van der Waals surface area contributed by atoms with E-state index in [1.54, 1.807) is 12.1 Å². The zero-order valence-electron chi connectivity index (χ0n) is 7.10. The smallest absolute Gasteiger partial charge is 0.423 e. The molecule has 0 amide bonds. The van der Waals surface area contributed by atoms with Crippen molar-refractivity contribution in [3.8, 4) is 0 Å². The molecule has 0 saturated carbocycles. The van der Waals surface area contributed by atoms with Crippen LogP contribution in [0.4, 0.5) is 0 Å². The molecule has 5 heteroatoms. The highest BCUT2D eigenvalue weighted by Crippen LogP contribution is 1.92. The van der Waals surface area contributed by atoms with Crippen LogP contribution in [0.3, 0.4) is 0 Å². The maximum Gasteiger partial charge on any atom is 0.488 e. The van der Waals surface area contributed by atoms with Gasteiger partial charge in [-0.3, -0.25) is 0 Å². The van der Waals surface area contributed by atoms with Gasteiger partial charge in [0.05, 0.1) is 0 Å². The molecule has 0 bridgehead atoms. The van der Waals surface area contributed by atoms with Crippen LogP contribution in [-0.4, -0.2) is 23.3 Å². The predicted molar refractivity (Wildman–Crippen MR) is 46.0 cm³/mol. The molecule has 0 aliphatic rings. The van der Waals surface area contributed by atoms with Crippen molar-refractivity contribution in [2.24, 2.45) is 0 Å². The molecule has 68 valence electrons. The predicted octanol–water partition coefficient (Wildman–Crippen LogP) is -0.909. The first-order valence-corrected chi connectivity index (χ1v) is 3.53. The average molecular weight is 180 g/mol. The fourth-order valence-electron chi connectivity index (χ4n) is 0.739. The molecule has 0 unspecified atom stereocenters. The molecule has 0 aromatic heterocycles. The normalized spacial score (nSPS) is 7.92. The van der Waals surface area contributed by atoms with Crippen LogP contribution in [0, 0.1) is 6.92 Å². The molecule has 0 radical (unpaired) electrons. The molecule has 0 aliphatic carbocycles. The van der Waals surface area contributed by atoms with Crippen LogP contribution < -0.4 is 5.46 Å². The van der Waals surface area contributed by atoms with Gasteiger partial charge in [-0.15, -0.1) is 0 Å². The molecular weight excluding hydrogens is 171 g/mol. The molecule has 0 atom stereocenters. The van der Waals surface area contributed by atoms with Crippen LogP contribution in [-0.2, 0) is 9.59 Å². The summed E-state index contributed by atoms with van der Waals surface area (Å²) in [6.45, 7) is 1.95. The van der Waals surface area contributed by atoms with E-state index in [0.29, 0.717) is 5.46 Å². The molecule has 4 nitrogen and oxygen atoms in total. The van der Waals surface area contributed by atoms with Gasteiger partial charge in [-0.05, 0) is 12.4 Å². The molecule has 0 aliphatic heterocycles. The summed E-state index contributed by atoms with van der Waals surface area (Å²) in [6, 6.07) is 7.07. The molecule has 13 heavy (non-hydrogen) atoms. The monoisotopic (exact) mass is 180 g/mol. The Morgan fingerprint density at radius 1 is 1.15 bits per heavy atom. The van der Waals surface area contributed by atoms with E-state index in [1.165, 1.54) is 0 Å². The summed E-state index contributed by atoms with van der Waals surface area (Å²) in [7, 11) is -1.35. The van der Waals surface area contributed by atoms with Gasteiger partial charge in [-0.1, -0.05) is 29.8 Å². The standard InChI is InChI=1S/C7H9BO2.CO2/c1-6-2-4-7(5-3-6)8(9)10;2-1-3/h2-5,9-10H,1H3;. The maximum atomic E-state index is 8.67. The second-order valence-corrected chi connectivity index (χ2v) is 2.37. The maximum absolute atomic E-state index is 8.67. The van der Waals surface area contributed by atoms with Gasteiger partial charge in [0.2, 0.25) is 0 Å². The second kappa shape index (κ2) is 6.14. The van der Waals surface area contributed by atoms with Gasteiger partial charge in [-0.2, -0.15) is 9.59 Å². The second-order valence-electron chi connectivity index (χ2n) is 2.37. The first-order valence-electron chi connectivity index (χ1n) is 3.53. The zero-order valence-corrected chi connectivity index (χ0v) is 7.10. The van der Waals surface area contributed by atoms with Gasteiger partial charge >= 0.3 is 13.3 Å². The SMILES string of the molecule is Cc1ccc(B(O)O)cc1.O=C=O. The van der Waals surface area contributed by atoms with E-state index in [0.717, 1.165) is 5.56 Å². The molecule has 0 fully saturated rings. The third-order valence-electron chi connectivity index (χ3n) is 1.38. The van der Waals surface area contributed by atoms with Gasteiger partial charge in [0.25, 0.3) is 0 Å². The Balaban J connectivity index is 0.000000424. The van der Waals surface area contributed by atoms with Crippen molar-refractivity contribution in [1.29, 1.82) is 0 Å². The molecule has 1 aromatic carbocycles. The summed E-state index contributed by atoms with van der Waals surface area (Å²) < 4.78 is 0. The lowest BCUT2D eigenvalue weighted by molar-refractivity contribution is -0.191. The van der Waals surface area contributed by atoms with Crippen LogP contribution in [0.15, 0.2) is 24.3 Å². The number of benzene rings is 1. The number of carbonyl (C=O) groups excluding carboxylic acids is 2. The minimum absolute atomic E-state index is 0.250. The summed E-state index contributed by atoms with van der Waals surface area (Å²) >= 11 is 0. The quantitative estimate of drug-likeness (QED) is 0.548. The highest BCUT2D eigenvalue weighted by molar-refractivity contribution is 6.58. The Kier molecular flexibility index (Phi) is 5.47. The van der Waals surface area contributed by atoms with Crippen LogP contribution in [0.2, 0.25) is 0 Å². The molecular formula is C8H9BO4. The largest absolute Gasteiger partial charge is 0.488 e. The number of hydrogen-bond donors (Lipinski definition) is 2. The number of hydrogen-bond acceptors (Lipinski definition) is 4. The lowest BCUT2D eigenvalue weighted by Gasteiger charge is -1.97. The van der Waals surface area contributed by atoms with Gasteiger partial charge in [0, 0.05) is 0 Å². The van der Waals surface area contributed by atoms with Crippen molar-refractivity contribution in [2.45, 2.75) is 6.92 Å². The van der Waals surface area contributed by atoms with Gasteiger partial charge < -0.3 is 10.0 Å². The van der Waals surface area contributed by atoms with E-state index in [-0.39, 0.29) is 6.15 Å². The highest BCUT2D eigenvalue weighted by atomic mass is 16.4. The van der Waals surface area contributed by atoms with Gasteiger partial charge in [0.15, 0.2) is 0 Å². The summed E-state index contributed by atoms with van der Waals surface area (Å²) in [4.78, 5) is 16.2. The Morgan fingerprint density at radius 2 is 1.54 bits per heavy atom. The van der Waals surface area contributed by atoms with E-state index in [9.17, 15) is 0 Å². The molecule has 0 spiro atoms. The fraction of sp³-hybridized carbons (Fsp3) is 0.125. The summed E-state index contributed by atoms with van der Waals surface area (Å²) in [5.41, 5.74) is 1.65. The minimum Gasteiger partial charge on any atom is -0.423 e.